The molecule has 0 aromatic heterocycles. The van der Waals surface area contributed by atoms with E-state index < -0.39 is 12.0 Å². The molecule has 0 saturated heterocycles. The van der Waals surface area contributed by atoms with Crippen molar-refractivity contribution in [1.82, 2.24) is 0 Å². The molecule has 0 radical (unpaired) electrons. The molecule has 2 N–H and O–H groups in total. The standard InChI is InChI=1S/C13H19NO3/c1-3-7-17-11-6-4-5-10(8-11)9-12(14)13(15)16-2/h4-6,8,12H,3,7,9,14H2,1-2H3. The van der Waals surface area contributed by atoms with E-state index in [0.29, 0.717) is 13.0 Å². The van der Waals surface area contributed by atoms with Crippen LogP contribution in [-0.2, 0) is 16.0 Å². The van der Waals surface area contributed by atoms with E-state index in [0.717, 1.165) is 17.7 Å². The summed E-state index contributed by atoms with van der Waals surface area (Å²) in [6.45, 7) is 2.74. The first-order valence-corrected chi connectivity index (χ1v) is 5.72. The van der Waals surface area contributed by atoms with Crippen LogP contribution in [0.1, 0.15) is 18.9 Å². The molecule has 0 amide bonds. The van der Waals surface area contributed by atoms with E-state index in [4.69, 9.17) is 10.5 Å². The van der Waals surface area contributed by atoms with E-state index in [1.54, 1.807) is 0 Å². The largest absolute Gasteiger partial charge is 0.494 e. The highest BCUT2D eigenvalue weighted by atomic mass is 16.5. The van der Waals surface area contributed by atoms with Gasteiger partial charge in [0.25, 0.3) is 0 Å². The highest BCUT2D eigenvalue weighted by Crippen LogP contribution is 2.14. The minimum Gasteiger partial charge on any atom is -0.494 e. The van der Waals surface area contributed by atoms with Gasteiger partial charge in [-0.2, -0.15) is 0 Å². The number of ether oxygens (including phenoxy) is 2. The van der Waals surface area contributed by atoms with Crippen molar-refractivity contribution in [3.05, 3.63) is 29.8 Å². The first-order valence-electron chi connectivity index (χ1n) is 5.72. The van der Waals surface area contributed by atoms with Crippen molar-refractivity contribution in [2.45, 2.75) is 25.8 Å². The summed E-state index contributed by atoms with van der Waals surface area (Å²) in [5.74, 6) is 0.409. The van der Waals surface area contributed by atoms with Crippen molar-refractivity contribution >= 4 is 5.97 Å². The molecule has 0 aliphatic carbocycles. The second-order valence-corrected chi connectivity index (χ2v) is 3.83. The molecule has 0 saturated carbocycles. The Morgan fingerprint density at radius 1 is 1.47 bits per heavy atom. The Morgan fingerprint density at radius 3 is 2.88 bits per heavy atom. The topological polar surface area (TPSA) is 61.5 Å². The molecule has 1 aromatic carbocycles. The van der Waals surface area contributed by atoms with Crippen LogP contribution in [0.25, 0.3) is 0 Å². The number of carbonyl (C=O) groups excluding carboxylic acids is 1. The number of carbonyl (C=O) groups is 1. The lowest BCUT2D eigenvalue weighted by molar-refractivity contribution is -0.142. The summed E-state index contributed by atoms with van der Waals surface area (Å²) in [7, 11) is 1.34. The average Bonchev–Trinajstić information content (AvgIpc) is 2.35. The molecular weight excluding hydrogens is 218 g/mol. The van der Waals surface area contributed by atoms with Crippen LogP contribution in [0.4, 0.5) is 0 Å². The molecule has 4 heteroatoms. The smallest absolute Gasteiger partial charge is 0.322 e. The minimum absolute atomic E-state index is 0.398. The molecule has 0 aliphatic heterocycles. The molecule has 17 heavy (non-hydrogen) atoms. The van der Waals surface area contributed by atoms with Gasteiger partial charge in [0, 0.05) is 0 Å². The normalized spacial score (nSPS) is 11.9. The fourth-order valence-corrected chi connectivity index (χ4v) is 1.47. The molecule has 0 fully saturated rings. The molecular formula is C13H19NO3. The van der Waals surface area contributed by atoms with Crippen LogP contribution < -0.4 is 10.5 Å². The van der Waals surface area contributed by atoms with Gasteiger partial charge in [0.15, 0.2) is 0 Å². The quantitative estimate of drug-likeness (QED) is 0.762. The van der Waals surface area contributed by atoms with Crippen LogP contribution in [0.15, 0.2) is 24.3 Å². The number of benzene rings is 1. The number of hydrogen-bond acceptors (Lipinski definition) is 4. The summed E-state index contributed by atoms with van der Waals surface area (Å²) in [6, 6.07) is 6.98. The maximum atomic E-state index is 11.2. The van der Waals surface area contributed by atoms with Crippen molar-refractivity contribution in [2.75, 3.05) is 13.7 Å². The third-order valence-corrected chi connectivity index (χ3v) is 2.33. The molecule has 0 aliphatic rings. The van der Waals surface area contributed by atoms with Crippen molar-refractivity contribution in [3.8, 4) is 5.75 Å². The zero-order valence-electron chi connectivity index (χ0n) is 10.3. The first kappa shape index (κ1) is 13.5. The van der Waals surface area contributed by atoms with Gasteiger partial charge in [0.1, 0.15) is 11.8 Å². The summed E-state index contributed by atoms with van der Waals surface area (Å²) < 4.78 is 10.1. The summed E-state index contributed by atoms with van der Waals surface area (Å²) >= 11 is 0. The second kappa shape index (κ2) is 6.91. The summed E-state index contributed by atoms with van der Waals surface area (Å²) in [4.78, 5) is 11.2. The third kappa shape index (κ3) is 4.44. The van der Waals surface area contributed by atoms with Gasteiger partial charge in [-0.05, 0) is 30.5 Å². The monoisotopic (exact) mass is 237 g/mol. The van der Waals surface area contributed by atoms with Gasteiger partial charge < -0.3 is 15.2 Å². The van der Waals surface area contributed by atoms with E-state index in [1.807, 2.05) is 24.3 Å². The Hall–Kier alpha value is -1.55. The Kier molecular flexibility index (Phi) is 5.49. The van der Waals surface area contributed by atoms with Gasteiger partial charge in [-0.25, -0.2) is 0 Å². The maximum Gasteiger partial charge on any atom is 0.322 e. The van der Waals surface area contributed by atoms with E-state index in [2.05, 4.69) is 11.7 Å². The first-order chi connectivity index (χ1) is 8.17. The van der Waals surface area contributed by atoms with E-state index in [1.165, 1.54) is 7.11 Å². The summed E-state index contributed by atoms with van der Waals surface area (Å²) in [5, 5.41) is 0. The highest BCUT2D eigenvalue weighted by molar-refractivity contribution is 5.75. The lowest BCUT2D eigenvalue weighted by Crippen LogP contribution is -2.33. The van der Waals surface area contributed by atoms with Gasteiger partial charge in [-0.15, -0.1) is 0 Å². The third-order valence-electron chi connectivity index (χ3n) is 2.33. The van der Waals surface area contributed by atoms with Crippen LogP contribution in [-0.4, -0.2) is 25.7 Å². The Morgan fingerprint density at radius 2 is 2.24 bits per heavy atom. The number of hydrogen-bond donors (Lipinski definition) is 1. The van der Waals surface area contributed by atoms with Crippen molar-refractivity contribution in [1.29, 1.82) is 0 Å². The Labute approximate surface area is 102 Å². The minimum atomic E-state index is -0.624. The van der Waals surface area contributed by atoms with Crippen molar-refractivity contribution in [2.24, 2.45) is 5.73 Å². The molecule has 94 valence electrons. The lowest BCUT2D eigenvalue weighted by atomic mass is 10.1. The van der Waals surface area contributed by atoms with Crippen LogP contribution >= 0.6 is 0 Å². The highest BCUT2D eigenvalue weighted by Gasteiger charge is 2.14. The number of rotatable bonds is 6. The molecule has 4 nitrogen and oxygen atoms in total. The molecule has 0 heterocycles. The van der Waals surface area contributed by atoms with E-state index >= 15 is 0 Å². The van der Waals surface area contributed by atoms with Gasteiger partial charge in [-0.3, -0.25) is 4.79 Å². The number of esters is 1. The van der Waals surface area contributed by atoms with Gasteiger partial charge in [-0.1, -0.05) is 19.1 Å². The maximum absolute atomic E-state index is 11.2. The molecule has 1 atom stereocenters. The van der Waals surface area contributed by atoms with Gasteiger partial charge >= 0.3 is 5.97 Å². The number of methoxy groups -OCH3 is 1. The molecule has 1 rings (SSSR count). The van der Waals surface area contributed by atoms with Crippen LogP contribution in [0.2, 0.25) is 0 Å². The van der Waals surface area contributed by atoms with Crippen LogP contribution in [0, 0.1) is 0 Å². The Bertz CT molecular complexity index is 365. The zero-order chi connectivity index (χ0) is 12.7. The molecule has 0 bridgehead atoms. The summed E-state index contributed by atoms with van der Waals surface area (Å²) in [5.41, 5.74) is 6.66. The molecule has 1 unspecified atom stereocenters. The molecule has 1 aromatic rings. The molecule has 0 spiro atoms. The lowest BCUT2D eigenvalue weighted by Gasteiger charge is -2.10. The fourth-order valence-electron chi connectivity index (χ4n) is 1.47. The SMILES string of the molecule is CCCOc1cccc(CC(N)C(=O)OC)c1. The van der Waals surface area contributed by atoms with Gasteiger partial charge in [0.2, 0.25) is 0 Å². The van der Waals surface area contributed by atoms with E-state index in [9.17, 15) is 4.79 Å². The van der Waals surface area contributed by atoms with Crippen molar-refractivity contribution in [3.63, 3.8) is 0 Å². The van der Waals surface area contributed by atoms with Crippen LogP contribution in [0.5, 0.6) is 5.75 Å². The second-order valence-electron chi connectivity index (χ2n) is 3.83. The van der Waals surface area contributed by atoms with Gasteiger partial charge in [0.05, 0.1) is 13.7 Å². The zero-order valence-corrected chi connectivity index (χ0v) is 10.3. The fraction of sp³-hybridized carbons (Fsp3) is 0.462. The predicted molar refractivity (Wildman–Crippen MR) is 65.9 cm³/mol. The average molecular weight is 237 g/mol. The number of nitrogens with two attached hydrogens (primary N) is 1. The predicted octanol–water partition coefficient (Wildman–Crippen LogP) is 1.52. The van der Waals surface area contributed by atoms with Crippen molar-refractivity contribution < 1.29 is 14.3 Å². The summed E-state index contributed by atoms with van der Waals surface area (Å²) in [6.07, 6.45) is 1.42. The Balaban J connectivity index is 2.62. The van der Waals surface area contributed by atoms with E-state index in [-0.39, 0.29) is 0 Å². The van der Waals surface area contributed by atoms with Crippen LogP contribution in [0.3, 0.4) is 0 Å².